The predicted molar refractivity (Wildman–Crippen MR) is 110 cm³/mol. The van der Waals surface area contributed by atoms with Crippen molar-refractivity contribution in [1.82, 2.24) is 5.43 Å². The van der Waals surface area contributed by atoms with Gasteiger partial charge in [-0.2, -0.15) is 5.10 Å². The number of furan rings is 1. The van der Waals surface area contributed by atoms with Crippen LogP contribution in [0.15, 0.2) is 84.6 Å². The van der Waals surface area contributed by atoms with Crippen molar-refractivity contribution in [1.29, 1.82) is 0 Å². The first-order chi connectivity index (χ1) is 13.1. The van der Waals surface area contributed by atoms with E-state index in [1.54, 1.807) is 18.2 Å². The number of amides is 1. The van der Waals surface area contributed by atoms with Gasteiger partial charge in [0.2, 0.25) is 0 Å². The number of halogens is 2. The number of nitrogens with one attached hydrogen (secondary N) is 1. The Morgan fingerprint density at radius 3 is 2.63 bits per heavy atom. The fourth-order valence-corrected chi connectivity index (χ4v) is 3.13. The van der Waals surface area contributed by atoms with Crippen molar-refractivity contribution >= 4 is 51.4 Å². The van der Waals surface area contributed by atoms with Gasteiger partial charge in [0.05, 0.1) is 6.21 Å². The first-order valence-corrected chi connectivity index (χ1v) is 9.81. The van der Waals surface area contributed by atoms with Crippen LogP contribution in [0, 0.1) is 0 Å². The van der Waals surface area contributed by atoms with Gasteiger partial charge in [0.1, 0.15) is 11.5 Å². The van der Waals surface area contributed by atoms with Gasteiger partial charge in [0.25, 0.3) is 5.91 Å². The van der Waals surface area contributed by atoms with E-state index < -0.39 is 0 Å². The van der Waals surface area contributed by atoms with Gasteiger partial charge >= 0.3 is 0 Å². The second kappa shape index (κ2) is 9.64. The Morgan fingerprint density at radius 1 is 1.15 bits per heavy atom. The zero-order chi connectivity index (χ0) is 19.1. The SMILES string of the molecule is O=C(COc1ccc(Br)cc1)N/N=C/c1ccc(Sc2ccc(Cl)cc2)o1. The van der Waals surface area contributed by atoms with Gasteiger partial charge in [-0.05, 0) is 60.7 Å². The third-order valence-electron chi connectivity index (χ3n) is 3.20. The highest BCUT2D eigenvalue weighted by molar-refractivity contribution is 9.10. The number of nitrogens with zero attached hydrogens (tertiary/aromatic N) is 1. The molecule has 0 aliphatic heterocycles. The van der Waals surface area contributed by atoms with Gasteiger partial charge in [0, 0.05) is 14.4 Å². The smallest absolute Gasteiger partial charge is 0.277 e. The molecule has 1 N–H and O–H groups in total. The summed E-state index contributed by atoms with van der Waals surface area (Å²) >= 11 is 10.7. The summed E-state index contributed by atoms with van der Waals surface area (Å²) < 4.78 is 11.9. The van der Waals surface area contributed by atoms with Gasteiger partial charge in [-0.15, -0.1) is 0 Å². The molecule has 0 radical (unpaired) electrons. The molecule has 0 atom stereocenters. The molecule has 27 heavy (non-hydrogen) atoms. The maximum atomic E-state index is 11.7. The molecule has 5 nitrogen and oxygen atoms in total. The molecule has 0 saturated carbocycles. The molecule has 1 amide bonds. The molecule has 138 valence electrons. The molecular weight excluding hydrogens is 452 g/mol. The Hall–Kier alpha value is -2.22. The van der Waals surface area contributed by atoms with Crippen LogP contribution in [0.2, 0.25) is 5.02 Å². The van der Waals surface area contributed by atoms with Crippen LogP contribution in [0.3, 0.4) is 0 Å². The number of ether oxygens (including phenoxy) is 1. The summed E-state index contributed by atoms with van der Waals surface area (Å²) in [5.41, 5.74) is 2.39. The zero-order valence-electron chi connectivity index (χ0n) is 13.9. The number of rotatable bonds is 7. The third kappa shape index (κ3) is 6.46. The van der Waals surface area contributed by atoms with E-state index in [1.807, 2.05) is 42.5 Å². The van der Waals surface area contributed by atoms with E-state index in [9.17, 15) is 4.79 Å². The van der Waals surface area contributed by atoms with E-state index in [0.717, 1.165) is 9.37 Å². The lowest BCUT2D eigenvalue weighted by Gasteiger charge is -2.04. The molecule has 0 spiro atoms. The van der Waals surface area contributed by atoms with Gasteiger partial charge in [-0.1, -0.05) is 39.3 Å². The molecule has 0 fully saturated rings. The minimum atomic E-state index is -0.364. The summed E-state index contributed by atoms with van der Waals surface area (Å²) in [5.74, 6) is 0.768. The van der Waals surface area contributed by atoms with Gasteiger partial charge in [-0.25, -0.2) is 5.43 Å². The van der Waals surface area contributed by atoms with E-state index in [-0.39, 0.29) is 12.5 Å². The molecule has 0 aliphatic rings. The average Bonchev–Trinajstić information content (AvgIpc) is 3.10. The summed E-state index contributed by atoms with van der Waals surface area (Å²) in [6.07, 6.45) is 1.43. The Morgan fingerprint density at radius 2 is 1.89 bits per heavy atom. The van der Waals surface area contributed by atoms with Crippen molar-refractivity contribution in [2.75, 3.05) is 6.61 Å². The van der Waals surface area contributed by atoms with E-state index in [0.29, 0.717) is 21.6 Å². The Labute approximate surface area is 173 Å². The van der Waals surface area contributed by atoms with Crippen LogP contribution in [0.25, 0.3) is 0 Å². The summed E-state index contributed by atoms with van der Waals surface area (Å²) in [6, 6.07) is 18.3. The quantitative estimate of drug-likeness (QED) is 0.376. The molecule has 8 heteroatoms. The lowest BCUT2D eigenvalue weighted by Crippen LogP contribution is -2.24. The molecule has 3 aromatic rings. The molecule has 1 aromatic heterocycles. The number of hydrogen-bond donors (Lipinski definition) is 1. The maximum Gasteiger partial charge on any atom is 0.277 e. The van der Waals surface area contributed by atoms with E-state index in [1.165, 1.54) is 18.0 Å². The molecule has 0 unspecified atom stereocenters. The zero-order valence-corrected chi connectivity index (χ0v) is 17.1. The predicted octanol–water partition coefficient (Wildman–Crippen LogP) is 5.38. The van der Waals surface area contributed by atoms with Gasteiger partial charge in [0.15, 0.2) is 11.7 Å². The number of benzene rings is 2. The van der Waals surface area contributed by atoms with E-state index in [4.69, 9.17) is 20.8 Å². The lowest BCUT2D eigenvalue weighted by molar-refractivity contribution is -0.123. The highest BCUT2D eigenvalue weighted by atomic mass is 79.9. The summed E-state index contributed by atoms with van der Waals surface area (Å²) in [5, 5.41) is 5.27. The van der Waals surface area contributed by atoms with Crippen LogP contribution < -0.4 is 10.2 Å². The summed E-state index contributed by atoms with van der Waals surface area (Å²) in [7, 11) is 0. The largest absolute Gasteiger partial charge is 0.484 e. The van der Waals surface area contributed by atoms with Crippen molar-refractivity contribution in [3.05, 3.63) is 75.9 Å². The third-order valence-corrected chi connectivity index (χ3v) is 4.91. The Kier molecular flexibility index (Phi) is 6.98. The van der Waals surface area contributed by atoms with Crippen molar-refractivity contribution in [3.63, 3.8) is 0 Å². The summed E-state index contributed by atoms with van der Waals surface area (Å²) in [4.78, 5) is 12.8. The van der Waals surface area contributed by atoms with Crippen LogP contribution in [-0.4, -0.2) is 18.7 Å². The second-order valence-electron chi connectivity index (χ2n) is 5.25. The standard InChI is InChI=1S/C19H14BrClN2O3S/c20-13-1-5-15(6-2-13)25-12-18(24)23-22-11-16-7-10-19(26-16)27-17-8-3-14(21)4-9-17/h1-11H,12H2,(H,23,24)/b22-11+. The van der Waals surface area contributed by atoms with Crippen molar-refractivity contribution in [3.8, 4) is 5.75 Å². The summed E-state index contributed by atoms with van der Waals surface area (Å²) in [6.45, 7) is -0.130. The normalized spacial score (nSPS) is 10.9. The number of hydrazone groups is 1. The fraction of sp³-hybridized carbons (Fsp3) is 0.0526. The first kappa shape index (κ1) is 19.5. The van der Waals surface area contributed by atoms with Crippen LogP contribution in [0.4, 0.5) is 0 Å². The van der Waals surface area contributed by atoms with Crippen LogP contribution in [0.5, 0.6) is 5.75 Å². The van der Waals surface area contributed by atoms with Crippen LogP contribution >= 0.6 is 39.3 Å². The van der Waals surface area contributed by atoms with Crippen molar-refractivity contribution < 1.29 is 13.9 Å². The Bertz CT molecular complexity index is 927. The van der Waals surface area contributed by atoms with E-state index >= 15 is 0 Å². The van der Waals surface area contributed by atoms with Gasteiger partial charge in [-0.3, -0.25) is 4.79 Å². The molecule has 0 aliphatic carbocycles. The molecule has 3 rings (SSSR count). The van der Waals surface area contributed by atoms with Gasteiger partial charge < -0.3 is 9.15 Å². The van der Waals surface area contributed by atoms with Crippen molar-refractivity contribution in [2.24, 2.45) is 5.10 Å². The average molecular weight is 466 g/mol. The maximum absolute atomic E-state index is 11.7. The van der Waals surface area contributed by atoms with Crippen molar-refractivity contribution in [2.45, 2.75) is 9.99 Å². The highest BCUT2D eigenvalue weighted by Crippen LogP contribution is 2.29. The fourth-order valence-electron chi connectivity index (χ4n) is 1.96. The topological polar surface area (TPSA) is 63.8 Å². The highest BCUT2D eigenvalue weighted by Gasteiger charge is 2.04. The molecular formula is C19H14BrClN2O3S. The van der Waals surface area contributed by atoms with Crippen LogP contribution in [-0.2, 0) is 4.79 Å². The molecule has 2 aromatic carbocycles. The minimum Gasteiger partial charge on any atom is -0.484 e. The number of carbonyl (C=O) groups excluding carboxylic acids is 1. The van der Waals surface area contributed by atoms with Crippen LogP contribution in [0.1, 0.15) is 5.76 Å². The number of carbonyl (C=O) groups is 1. The second-order valence-corrected chi connectivity index (χ2v) is 7.68. The molecule has 0 saturated heterocycles. The minimum absolute atomic E-state index is 0.130. The number of hydrogen-bond acceptors (Lipinski definition) is 5. The molecule has 0 bridgehead atoms. The first-order valence-electron chi connectivity index (χ1n) is 7.82. The monoisotopic (exact) mass is 464 g/mol. The van der Waals surface area contributed by atoms with E-state index in [2.05, 4.69) is 26.5 Å². The molecule has 1 heterocycles. The Balaban J connectivity index is 1.45. The lowest BCUT2D eigenvalue weighted by atomic mass is 10.3.